The van der Waals surface area contributed by atoms with Gasteiger partial charge >= 0.3 is 0 Å². The first-order valence-electron chi connectivity index (χ1n) is 7.78. The van der Waals surface area contributed by atoms with Gasteiger partial charge in [-0.1, -0.05) is 44.7 Å². The first-order chi connectivity index (χ1) is 9.36. The van der Waals surface area contributed by atoms with Gasteiger partial charge in [-0.3, -0.25) is 0 Å². The number of nitrogens with two attached hydrogens (primary N) is 1. The third kappa shape index (κ3) is 9.22. The van der Waals surface area contributed by atoms with E-state index in [1.807, 2.05) is 0 Å². The lowest BCUT2D eigenvalue weighted by Gasteiger charge is -2.07. The zero-order valence-electron chi connectivity index (χ0n) is 12.8. The van der Waals surface area contributed by atoms with E-state index in [2.05, 4.69) is 31.2 Å². The number of aryl methyl sites for hydroxylation is 1. The molecule has 20 heavy (non-hydrogen) atoms. The Morgan fingerprint density at radius 2 is 1.60 bits per heavy atom. The minimum Gasteiger partial charge on any atom is -0.494 e. The summed E-state index contributed by atoms with van der Waals surface area (Å²) in [5.74, 6) is 0.978. The molecule has 0 radical (unpaired) electrons. The number of rotatable bonds is 11. The van der Waals surface area contributed by atoms with E-state index in [0.29, 0.717) is 0 Å². The van der Waals surface area contributed by atoms with Crippen LogP contribution in [0.1, 0.15) is 57.4 Å². The fourth-order valence-electron chi connectivity index (χ4n) is 2.12. The molecular weight excluding hydrogens is 270 g/mol. The van der Waals surface area contributed by atoms with Gasteiger partial charge in [-0.25, -0.2) is 0 Å². The molecule has 0 aliphatic carbocycles. The van der Waals surface area contributed by atoms with Crippen molar-refractivity contribution in [3.8, 4) is 5.75 Å². The molecule has 1 aromatic carbocycles. The molecule has 116 valence electrons. The van der Waals surface area contributed by atoms with Crippen molar-refractivity contribution < 1.29 is 4.74 Å². The fraction of sp³-hybridized carbons (Fsp3) is 0.647. The summed E-state index contributed by atoms with van der Waals surface area (Å²) in [4.78, 5) is 0. The molecule has 0 fully saturated rings. The Labute approximate surface area is 130 Å². The highest BCUT2D eigenvalue weighted by Gasteiger charge is 1.96. The van der Waals surface area contributed by atoms with Gasteiger partial charge in [-0.2, -0.15) is 0 Å². The lowest BCUT2D eigenvalue weighted by Crippen LogP contribution is -2.03. The van der Waals surface area contributed by atoms with Gasteiger partial charge in [0, 0.05) is 0 Å². The van der Waals surface area contributed by atoms with Crippen LogP contribution in [0.15, 0.2) is 24.3 Å². The van der Waals surface area contributed by atoms with Crippen LogP contribution < -0.4 is 10.5 Å². The molecule has 1 rings (SSSR count). The van der Waals surface area contributed by atoms with Crippen molar-refractivity contribution in [2.75, 3.05) is 13.2 Å². The molecule has 0 unspecified atom stereocenters. The van der Waals surface area contributed by atoms with Crippen molar-refractivity contribution in [1.29, 1.82) is 0 Å². The van der Waals surface area contributed by atoms with Crippen molar-refractivity contribution in [3.05, 3.63) is 29.8 Å². The van der Waals surface area contributed by atoms with Crippen molar-refractivity contribution >= 4 is 12.4 Å². The van der Waals surface area contributed by atoms with Gasteiger partial charge in [0.05, 0.1) is 6.61 Å². The molecule has 0 bridgehead atoms. The smallest absolute Gasteiger partial charge is 0.119 e. The molecule has 2 N–H and O–H groups in total. The number of ether oxygens (including phenoxy) is 1. The summed E-state index contributed by atoms with van der Waals surface area (Å²) in [6, 6.07) is 8.56. The van der Waals surface area contributed by atoms with E-state index in [0.717, 1.165) is 31.7 Å². The van der Waals surface area contributed by atoms with E-state index < -0.39 is 0 Å². The van der Waals surface area contributed by atoms with Crippen LogP contribution in [-0.4, -0.2) is 13.2 Å². The van der Waals surface area contributed by atoms with Crippen LogP contribution in [0.2, 0.25) is 0 Å². The predicted molar refractivity (Wildman–Crippen MR) is 89.9 cm³/mol. The Balaban J connectivity index is 0.00000361. The first-order valence-corrected chi connectivity index (χ1v) is 7.78. The normalized spacial score (nSPS) is 10.1. The minimum atomic E-state index is 0. The second kappa shape index (κ2) is 13.3. The highest BCUT2D eigenvalue weighted by molar-refractivity contribution is 5.85. The Bertz CT molecular complexity index is 313. The predicted octanol–water partition coefficient (Wildman–Crippen LogP) is 4.74. The number of halogens is 1. The number of hydrogen-bond acceptors (Lipinski definition) is 2. The molecule has 0 heterocycles. The van der Waals surface area contributed by atoms with E-state index >= 15 is 0 Å². The van der Waals surface area contributed by atoms with Crippen molar-refractivity contribution in [1.82, 2.24) is 0 Å². The van der Waals surface area contributed by atoms with Crippen LogP contribution in [0, 0.1) is 0 Å². The van der Waals surface area contributed by atoms with Crippen molar-refractivity contribution in [3.63, 3.8) is 0 Å². The fourth-order valence-corrected chi connectivity index (χ4v) is 2.12. The number of unbranched alkanes of at least 4 members (excludes halogenated alkanes) is 5. The highest BCUT2D eigenvalue weighted by atomic mass is 35.5. The van der Waals surface area contributed by atoms with Gasteiger partial charge in [0.25, 0.3) is 0 Å². The Hall–Kier alpha value is -0.730. The molecule has 0 aliphatic heterocycles. The van der Waals surface area contributed by atoms with E-state index in [9.17, 15) is 0 Å². The topological polar surface area (TPSA) is 35.2 Å². The van der Waals surface area contributed by atoms with Gasteiger partial charge < -0.3 is 10.5 Å². The summed E-state index contributed by atoms with van der Waals surface area (Å²) < 4.78 is 5.67. The van der Waals surface area contributed by atoms with Crippen molar-refractivity contribution in [2.45, 2.75) is 58.3 Å². The first kappa shape index (κ1) is 19.3. The quantitative estimate of drug-likeness (QED) is 0.599. The van der Waals surface area contributed by atoms with Crippen LogP contribution in [0.4, 0.5) is 0 Å². The maximum Gasteiger partial charge on any atom is 0.119 e. The molecule has 0 spiro atoms. The number of benzene rings is 1. The highest BCUT2D eigenvalue weighted by Crippen LogP contribution is 2.15. The summed E-state index contributed by atoms with van der Waals surface area (Å²) in [5, 5.41) is 0. The van der Waals surface area contributed by atoms with Gasteiger partial charge in [-0.05, 0) is 49.9 Å². The van der Waals surface area contributed by atoms with E-state index in [1.54, 1.807) is 0 Å². The largest absolute Gasteiger partial charge is 0.494 e. The summed E-state index contributed by atoms with van der Waals surface area (Å²) in [6.07, 6.45) is 9.98. The van der Waals surface area contributed by atoms with Gasteiger partial charge in [0.2, 0.25) is 0 Å². The monoisotopic (exact) mass is 299 g/mol. The van der Waals surface area contributed by atoms with E-state index in [4.69, 9.17) is 10.5 Å². The zero-order valence-corrected chi connectivity index (χ0v) is 13.6. The average Bonchev–Trinajstić information content (AvgIpc) is 2.45. The second-order valence-corrected chi connectivity index (χ2v) is 5.15. The van der Waals surface area contributed by atoms with Gasteiger partial charge in [-0.15, -0.1) is 12.4 Å². The third-order valence-electron chi connectivity index (χ3n) is 3.36. The summed E-state index contributed by atoms with van der Waals surface area (Å²) in [6.45, 7) is 3.78. The van der Waals surface area contributed by atoms with Crippen LogP contribution in [0.25, 0.3) is 0 Å². The molecule has 2 nitrogen and oxygen atoms in total. The van der Waals surface area contributed by atoms with Crippen molar-refractivity contribution in [2.24, 2.45) is 5.73 Å². The summed E-state index contributed by atoms with van der Waals surface area (Å²) in [7, 11) is 0. The van der Waals surface area contributed by atoms with E-state index in [1.165, 1.54) is 44.1 Å². The molecule has 3 heteroatoms. The third-order valence-corrected chi connectivity index (χ3v) is 3.36. The minimum absolute atomic E-state index is 0. The molecular formula is C17H30ClNO. The van der Waals surface area contributed by atoms with Crippen LogP contribution in [-0.2, 0) is 6.42 Å². The maximum atomic E-state index is 5.67. The lowest BCUT2D eigenvalue weighted by molar-refractivity contribution is 0.308. The Morgan fingerprint density at radius 3 is 2.25 bits per heavy atom. The summed E-state index contributed by atoms with van der Waals surface area (Å²) in [5.41, 5.74) is 6.87. The standard InChI is InChI=1S/C17H29NO.ClH/c1-2-3-4-5-6-9-16-10-12-17(13-11-16)19-15-8-7-14-18;/h10-13H,2-9,14-15,18H2,1H3;1H. The zero-order chi connectivity index (χ0) is 13.8. The van der Waals surface area contributed by atoms with Crippen LogP contribution in [0.5, 0.6) is 5.75 Å². The average molecular weight is 300 g/mol. The molecule has 0 amide bonds. The molecule has 0 saturated heterocycles. The van der Waals surface area contributed by atoms with Gasteiger partial charge in [0.1, 0.15) is 5.75 Å². The molecule has 1 aromatic rings. The molecule has 0 atom stereocenters. The molecule has 0 aliphatic rings. The van der Waals surface area contributed by atoms with Crippen LogP contribution in [0.3, 0.4) is 0 Å². The van der Waals surface area contributed by atoms with E-state index in [-0.39, 0.29) is 12.4 Å². The number of hydrogen-bond donors (Lipinski definition) is 1. The molecule has 0 saturated carbocycles. The molecule has 0 aromatic heterocycles. The SMILES string of the molecule is CCCCCCCc1ccc(OCCCCN)cc1.Cl. The Kier molecular flexibility index (Phi) is 12.8. The van der Waals surface area contributed by atoms with Crippen LogP contribution >= 0.6 is 12.4 Å². The Morgan fingerprint density at radius 1 is 0.900 bits per heavy atom. The summed E-state index contributed by atoms with van der Waals surface area (Å²) >= 11 is 0. The second-order valence-electron chi connectivity index (χ2n) is 5.15. The lowest BCUT2D eigenvalue weighted by atomic mass is 10.1. The maximum absolute atomic E-state index is 5.67. The van der Waals surface area contributed by atoms with Gasteiger partial charge in [0.15, 0.2) is 0 Å².